The van der Waals surface area contributed by atoms with Crippen LogP contribution in [0.5, 0.6) is 5.75 Å². The molecular formula is C23H27N3O4. The van der Waals surface area contributed by atoms with E-state index in [-0.39, 0.29) is 17.8 Å². The second-order valence-electron chi connectivity index (χ2n) is 7.81. The lowest BCUT2D eigenvalue weighted by atomic mass is 9.96. The molecule has 0 spiro atoms. The van der Waals surface area contributed by atoms with Crippen LogP contribution in [0.1, 0.15) is 34.5 Å². The van der Waals surface area contributed by atoms with E-state index in [1.807, 2.05) is 12.1 Å². The highest BCUT2D eigenvalue weighted by Crippen LogP contribution is 2.27. The summed E-state index contributed by atoms with van der Waals surface area (Å²) in [6.45, 7) is 4.06. The molecule has 0 aliphatic carbocycles. The lowest BCUT2D eigenvalue weighted by Gasteiger charge is -2.30. The number of esters is 1. The number of rotatable bonds is 4. The molecule has 4 rings (SSSR count). The number of amides is 1. The molecule has 0 atom stereocenters. The summed E-state index contributed by atoms with van der Waals surface area (Å²) in [6.07, 6.45) is 3.29. The summed E-state index contributed by atoms with van der Waals surface area (Å²) >= 11 is 0. The fourth-order valence-corrected chi connectivity index (χ4v) is 4.12. The summed E-state index contributed by atoms with van der Waals surface area (Å²) in [5.74, 6) is 0.661. The fraction of sp³-hybridized carbons (Fsp3) is 0.435. The number of benzene rings is 1. The Hall–Kier alpha value is -2.93. The maximum Gasteiger partial charge on any atom is 0.308 e. The van der Waals surface area contributed by atoms with Crippen molar-refractivity contribution in [3.05, 3.63) is 59.4 Å². The Kier molecular flexibility index (Phi) is 6.28. The van der Waals surface area contributed by atoms with E-state index in [0.717, 1.165) is 43.8 Å². The first-order valence-electron chi connectivity index (χ1n) is 10.4. The molecule has 2 aliphatic heterocycles. The Morgan fingerprint density at radius 2 is 2.00 bits per heavy atom. The topological polar surface area (TPSA) is 72.0 Å². The van der Waals surface area contributed by atoms with Crippen molar-refractivity contribution in [3.63, 3.8) is 0 Å². The van der Waals surface area contributed by atoms with Gasteiger partial charge >= 0.3 is 5.97 Å². The van der Waals surface area contributed by atoms with Gasteiger partial charge in [0.2, 0.25) is 0 Å². The molecule has 1 saturated heterocycles. The summed E-state index contributed by atoms with van der Waals surface area (Å²) in [5, 5.41) is 0. The first-order valence-corrected chi connectivity index (χ1v) is 10.4. The van der Waals surface area contributed by atoms with Crippen molar-refractivity contribution in [1.29, 1.82) is 0 Å². The predicted octanol–water partition coefficient (Wildman–Crippen LogP) is 2.50. The van der Waals surface area contributed by atoms with E-state index in [2.05, 4.69) is 22.0 Å². The van der Waals surface area contributed by atoms with Gasteiger partial charge in [0.1, 0.15) is 18.1 Å². The van der Waals surface area contributed by atoms with Crippen molar-refractivity contribution in [3.8, 4) is 5.75 Å². The predicted molar refractivity (Wildman–Crippen MR) is 111 cm³/mol. The zero-order valence-corrected chi connectivity index (χ0v) is 17.3. The Morgan fingerprint density at radius 3 is 2.73 bits per heavy atom. The highest BCUT2D eigenvalue weighted by molar-refractivity contribution is 5.92. The van der Waals surface area contributed by atoms with Crippen LogP contribution >= 0.6 is 0 Å². The quantitative estimate of drug-likeness (QED) is 0.723. The van der Waals surface area contributed by atoms with Crippen molar-refractivity contribution < 1.29 is 19.1 Å². The van der Waals surface area contributed by atoms with Crippen LogP contribution in [0.2, 0.25) is 0 Å². The lowest BCUT2D eigenvalue weighted by molar-refractivity contribution is -0.147. The number of aromatic nitrogens is 1. The highest BCUT2D eigenvalue weighted by Gasteiger charge is 2.26. The SMILES string of the molecule is COC(=O)C1CCN(Cc2ccc3c(c2)CN(C(=O)c2ccccn2)CCO3)CC1. The number of nitrogens with zero attached hydrogens (tertiary/aromatic N) is 3. The zero-order chi connectivity index (χ0) is 20.9. The summed E-state index contributed by atoms with van der Waals surface area (Å²) in [6, 6.07) is 11.6. The first-order chi connectivity index (χ1) is 14.6. The largest absolute Gasteiger partial charge is 0.491 e. The van der Waals surface area contributed by atoms with Gasteiger partial charge in [-0.2, -0.15) is 0 Å². The maximum atomic E-state index is 12.8. The molecule has 0 radical (unpaired) electrons. The summed E-state index contributed by atoms with van der Waals surface area (Å²) in [4.78, 5) is 32.9. The number of hydrogen-bond acceptors (Lipinski definition) is 6. The average Bonchev–Trinajstić information content (AvgIpc) is 3.01. The second-order valence-corrected chi connectivity index (χ2v) is 7.81. The van der Waals surface area contributed by atoms with Gasteiger partial charge in [-0.25, -0.2) is 0 Å². The number of hydrogen-bond donors (Lipinski definition) is 0. The van der Waals surface area contributed by atoms with Crippen LogP contribution in [-0.2, 0) is 22.6 Å². The molecule has 1 fully saturated rings. The smallest absolute Gasteiger partial charge is 0.308 e. The molecule has 3 heterocycles. The minimum atomic E-state index is -0.102. The molecule has 158 valence electrons. The van der Waals surface area contributed by atoms with Crippen molar-refractivity contribution in [2.45, 2.75) is 25.9 Å². The number of carbonyl (C=O) groups is 2. The molecule has 0 unspecified atom stereocenters. The van der Waals surface area contributed by atoms with Crippen molar-refractivity contribution >= 4 is 11.9 Å². The molecule has 1 amide bonds. The number of likely N-dealkylation sites (tertiary alicyclic amines) is 1. The number of pyridine rings is 1. The van der Waals surface area contributed by atoms with Gasteiger partial charge in [-0.05, 0) is 55.8 Å². The molecule has 0 bridgehead atoms. The third kappa shape index (κ3) is 4.62. The van der Waals surface area contributed by atoms with Gasteiger partial charge in [-0.3, -0.25) is 19.5 Å². The number of piperidine rings is 1. The molecule has 2 aromatic rings. The minimum Gasteiger partial charge on any atom is -0.491 e. The van der Waals surface area contributed by atoms with Gasteiger partial charge in [0.25, 0.3) is 5.91 Å². The van der Waals surface area contributed by atoms with Crippen LogP contribution < -0.4 is 4.74 Å². The number of methoxy groups -OCH3 is 1. The van der Waals surface area contributed by atoms with Crippen molar-refractivity contribution in [2.75, 3.05) is 33.4 Å². The minimum absolute atomic E-state index is 0.0119. The number of ether oxygens (including phenoxy) is 2. The van der Waals surface area contributed by atoms with E-state index in [1.165, 1.54) is 12.7 Å². The summed E-state index contributed by atoms with van der Waals surface area (Å²) in [5.41, 5.74) is 2.64. The number of carbonyl (C=O) groups excluding carboxylic acids is 2. The Balaban J connectivity index is 1.42. The van der Waals surface area contributed by atoms with Crippen LogP contribution in [0.3, 0.4) is 0 Å². The first kappa shape index (κ1) is 20.3. The standard InChI is InChI=1S/C23H27N3O4/c1-29-23(28)18-7-10-25(11-8-18)15-17-5-6-21-19(14-17)16-26(12-13-30-21)22(27)20-4-2-3-9-24-20/h2-6,9,14,18H,7-8,10-13,15-16H2,1H3. The van der Waals surface area contributed by atoms with Crippen LogP contribution in [0, 0.1) is 5.92 Å². The Bertz CT molecular complexity index is 895. The molecular weight excluding hydrogens is 382 g/mol. The van der Waals surface area contributed by atoms with E-state index >= 15 is 0 Å². The van der Waals surface area contributed by atoms with E-state index in [1.54, 1.807) is 23.2 Å². The summed E-state index contributed by atoms with van der Waals surface area (Å²) < 4.78 is 10.8. The van der Waals surface area contributed by atoms with E-state index < -0.39 is 0 Å². The van der Waals surface area contributed by atoms with Crippen LogP contribution in [0.15, 0.2) is 42.6 Å². The van der Waals surface area contributed by atoms with Crippen LogP contribution in [-0.4, -0.2) is 60.0 Å². The normalized spacial score (nSPS) is 17.6. The molecule has 0 saturated carbocycles. The second kappa shape index (κ2) is 9.26. The van der Waals surface area contributed by atoms with Gasteiger partial charge in [0, 0.05) is 24.8 Å². The average molecular weight is 409 g/mol. The van der Waals surface area contributed by atoms with Gasteiger partial charge in [-0.15, -0.1) is 0 Å². The Labute approximate surface area is 176 Å². The molecule has 7 nitrogen and oxygen atoms in total. The molecule has 1 aromatic carbocycles. The van der Waals surface area contributed by atoms with E-state index in [9.17, 15) is 9.59 Å². The third-order valence-corrected chi connectivity index (χ3v) is 5.80. The third-order valence-electron chi connectivity index (χ3n) is 5.80. The van der Waals surface area contributed by atoms with Crippen LogP contribution in [0.4, 0.5) is 0 Å². The molecule has 7 heteroatoms. The molecule has 2 aliphatic rings. The van der Waals surface area contributed by atoms with Crippen molar-refractivity contribution in [1.82, 2.24) is 14.8 Å². The van der Waals surface area contributed by atoms with Crippen molar-refractivity contribution in [2.24, 2.45) is 5.92 Å². The van der Waals surface area contributed by atoms with Gasteiger partial charge in [0.05, 0.1) is 19.6 Å². The van der Waals surface area contributed by atoms with E-state index in [0.29, 0.717) is 25.4 Å². The Morgan fingerprint density at radius 1 is 1.17 bits per heavy atom. The maximum absolute atomic E-state index is 12.8. The van der Waals surface area contributed by atoms with E-state index in [4.69, 9.17) is 9.47 Å². The molecule has 30 heavy (non-hydrogen) atoms. The highest BCUT2D eigenvalue weighted by atomic mass is 16.5. The fourth-order valence-electron chi connectivity index (χ4n) is 4.12. The van der Waals surface area contributed by atoms with Crippen LogP contribution in [0.25, 0.3) is 0 Å². The van der Waals surface area contributed by atoms with Gasteiger partial charge in [0.15, 0.2) is 0 Å². The lowest BCUT2D eigenvalue weighted by Crippen LogP contribution is -2.36. The van der Waals surface area contributed by atoms with Gasteiger partial charge in [-0.1, -0.05) is 12.1 Å². The number of fused-ring (bicyclic) bond motifs is 1. The molecule has 1 aromatic heterocycles. The molecule has 0 N–H and O–H groups in total. The monoisotopic (exact) mass is 409 g/mol. The zero-order valence-electron chi connectivity index (χ0n) is 17.3. The van der Waals surface area contributed by atoms with Gasteiger partial charge < -0.3 is 14.4 Å². The summed E-state index contributed by atoms with van der Waals surface area (Å²) in [7, 11) is 1.45.